The van der Waals surface area contributed by atoms with Crippen LogP contribution in [0.2, 0.25) is 0 Å². The number of sulfone groups is 1. The van der Waals surface area contributed by atoms with E-state index in [4.69, 9.17) is 4.74 Å². The molecule has 1 aliphatic carbocycles. The molecule has 3 aromatic rings. The van der Waals surface area contributed by atoms with Crippen LogP contribution in [0, 0.1) is 0 Å². The quantitative estimate of drug-likeness (QED) is 0.727. The van der Waals surface area contributed by atoms with Crippen molar-refractivity contribution in [3.63, 3.8) is 0 Å². The lowest BCUT2D eigenvalue weighted by atomic mass is 10.1. The average Bonchev–Trinajstić information content (AvgIpc) is 3.43. The van der Waals surface area contributed by atoms with Gasteiger partial charge in [-0.3, -0.25) is 5.10 Å². The van der Waals surface area contributed by atoms with Gasteiger partial charge in [0, 0.05) is 30.2 Å². The predicted molar refractivity (Wildman–Crippen MR) is 108 cm³/mol. The van der Waals surface area contributed by atoms with Gasteiger partial charge in [-0.1, -0.05) is 0 Å². The second kappa shape index (κ2) is 6.77. The molecule has 5 rings (SSSR count). The summed E-state index contributed by atoms with van der Waals surface area (Å²) < 4.78 is 29.7. The molecule has 0 bridgehead atoms. The fourth-order valence-corrected chi connectivity index (χ4v) is 4.84. The normalized spacial score (nSPS) is 19.5. The Labute approximate surface area is 163 Å². The highest BCUT2D eigenvalue weighted by Crippen LogP contribution is 2.33. The maximum atomic E-state index is 11.9. The molecule has 2 aliphatic rings. The maximum absolute atomic E-state index is 11.9. The van der Waals surface area contributed by atoms with Crippen molar-refractivity contribution in [3.8, 4) is 17.0 Å². The van der Waals surface area contributed by atoms with E-state index in [1.165, 1.54) is 0 Å². The Morgan fingerprint density at radius 2 is 2.00 bits per heavy atom. The van der Waals surface area contributed by atoms with E-state index in [1.807, 2.05) is 35.2 Å². The van der Waals surface area contributed by atoms with Gasteiger partial charge in [0.1, 0.15) is 17.3 Å². The van der Waals surface area contributed by atoms with Gasteiger partial charge in [-0.15, -0.1) is 0 Å². The molecular weight excluding hydrogens is 376 g/mol. The summed E-state index contributed by atoms with van der Waals surface area (Å²) in [5.41, 5.74) is 2.76. The Bertz CT molecular complexity index is 1120. The van der Waals surface area contributed by atoms with E-state index in [0.29, 0.717) is 25.6 Å². The lowest BCUT2D eigenvalue weighted by Crippen LogP contribution is -2.27. The van der Waals surface area contributed by atoms with Gasteiger partial charge in [0.15, 0.2) is 9.84 Å². The molecule has 0 amide bonds. The number of hydrogen-bond acceptors (Lipinski definition) is 6. The third kappa shape index (κ3) is 3.56. The van der Waals surface area contributed by atoms with Crippen molar-refractivity contribution in [3.05, 3.63) is 36.5 Å². The fourth-order valence-electron chi connectivity index (χ4n) is 3.57. The first-order valence-electron chi connectivity index (χ1n) is 9.64. The van der Waals surface area contributed by atoms with E-state index in [0.717, 1.165) is 46.6 Å². The van der Waals surface area contributed by atoms with Crippen LogP contribution in [0.15, 0.2) is 36.5 Å². The van der Waals surface area contributed by atoms with Crippen LogP contribution in [-0.2, 0) is 9.84 Å². The van der Waals surface area contributed by atoms with Gasteiger partial charge in [0.25, 0.3) is 0 Å². The second-order valence-corrected chi connectivity index (χ2v) is 9.80. The Hall–Kier alpha value is -2.61. The lowest BCUT2D eigenvalue weighted by Gasteiger charge is -2.21. The number of benzene rings is 1. The molecule has 2 aromatic heterocycles. The Kier molecular flexibility index (Phi) is 4.23. The van der Waals surface area contributed by atoms with Crippen molar-refractivity contribution < 1.29 is 13.2 Å². The standard InChI is InChI=1S/C20H22N4O3S/c25-28(26)10-1-8-24(9-11-28)19-12-14(6-7-21-19)20-17-13-16(27-15-2-3-15)4-5-18(17)22-23-20/h4-7,12-13,15H,1-3,8-11H2,(H,22,23). The molecule has 1 saturated carbocycles. The van der Waals surface area contributed by atoms with Crippen LogP contribution >= 0.6 is 0 Å². The van der Waals surface area contributed by atoms with E-state index in [9.17, 15) is 8.42 Å². The molecule has 0 radical (unpaired) electrons. The summed E-state index contributed by atoms with van der Waals surface area (Å²) in [5, 5.41) is 8.60. The zero-order chi connectivity index (χ0) is 19.1. The summed E-state index contributed by atoms with van der Waals surface area (Å²) in [6.07, 6.45) is 4.97. The molecule has 146 valence electrons. The van der Waals surface area contributed by atoms with Crippen LogP contribution < -0.4 is 9.64 Å². The maximum Gasteiger partial charge on any atom is 0.152 e. The molecule has 1 aliphatic heterocycles. The number of aromatic nitrogens is 3. The number of fused-ring (bicyclic) bond motifs is 1. The van der Waals surface area contributed by atoms with Gasteiger partial charge in [-0.2, -0.15) is 5.10 Å². The zero-order valence-electron chi connectivity index (χ0n) is 15.5. The van der Waals surface area contributed by atoms with E-state index in [-0.39, 0.29) is 11.5 Å². The van der Waals surface area contributed by atoms with Gasteiger partial charge >= 0.3 is 0 Å². The third-order valence-electron chi connectivity index (χ3n) is 5.26. The van der Waals surface area contributed by atoms with E-state index >= 15 is 0 Å². The summed E-state index contributed by atoms with van der Waals surface area (Å²) in [7, 11) is -2.95. The summed E-state index contributed by atoms with van der Waals surface area (Å²) in [4.78, 5) is 6.52. The van der Waals surface area contributed by atoms with Gasteiger partial charge in [0.2, 0.25) is 0 Å². The number of rotatable bonds is 4. The molecule has 0 unspecified atom stereocenters. The summed E-state index contributed by atoms with van der Waals surface area (Å²) in [6.45, 7) is 1.16. The zero-order valence-corrected chi connectivity index (χ0v) is 16.3. The van der Waals surface area contributed by atoms with Crippen LogP contribution in [-0.4, -0.2) is 54.3 Å². The Morgan fingerprint density at radius 1 is 1.11 bits per heavy atom. The van der Waals surface area contributed by atoms with Crippen molar-refractivity contribution in [2.24, 2.45) is 0 Å². The van der Waals surface area contributed by atoms with Crippen molar-refractivity contribution in [2.75, 3.05) is 29.5 Å². The van der Waals surface area contributed by atoms with Gasteiger partial charge in [-0.25, -0.2) is 13.4 Å². The number of hydrogen-bond donors (Lipinski definition) is 1. The molecule has 3 heterocycles. The number of H-pyrrole nitrogens is 1. The van der Waals surface area contributed by atoms with E-state index < -0.39 is 9.84 Å². The summed E-state index contributed by atoms with van der Waals surface area (Å²) >= 11 is 0. The fraction of sp³-hybridized carbons (Fsp3) is 0.400. The molecule has 1 N–H and O–H groups in total. The molecule has 1 saturated heterocycles. The van der Waals surface area contributed by atoms with Crippen molar-refractivity contribution in [1.82, 2.24) is 15.2 Å². The molecular formula is C20H22N4O3S. The minimum atomic E-state index is -2.95. The highest BCUT2D eigenvalue weighted by molar-refractivity contribution is 7.91. The van der Waals surface area contributed by atoms with Crippen LogP contribution in [0.3, 0.4) is 0 Å². The first-order chi connectivity index (χ1) is 13.6. The topological polar surface area (TPSA) is 88.2 Å². The van der Waals surface area contributed by atoms with Crippen molar-refractivity contribution >= 4 is 26.6 Å². The molecule has 7 nitrogen and oxygen atoms in total. The average molecular weight is 398 g/mol. The van der Waals surface area contributed by atoms with Gasteiger partial charge in [0.05, 0.1) is 23.1 Å². The number of nitrogens with one attached hydrogen (secondary N) is 1. The predicted octanol–water partition coefficient (Wildman–Crippen LogP) is 2.79. The largest absolute Gasteiger partial charge is 0.490 e. The van der Waals surface area contributed by atoms with Gasteiger partial charge in [-0.05, 0) is 49.6 Å². The van der Waals surface area contributed by atoms with Gasteiger partial charge < -0.3 is 9.64 Å². The third-order valence-corrected chi connectivity index (χ3v) is 6.98. The number of pyridine rings is 1. The number of nitrogens with zero attached hydrogens (tertiary/aromatic N) is 3. The smallest absolute Gasteiger partial charge is 0.152 e. The molecule has 8 heteroatoms. The SMILES string of the molecule is O=S1(=O)CCCN(c2cc(-c3n[nH]c4ccc(OC5CC5)cc34)ccn2)CC1. The number of ether oxygens (including phenoxy) is 1. The van der Waals surface area contributed by atoms with Crippen LogP contribution in [0.1, 0.15) is 19.3 Å². The summed E-state index contributed by atoms with van der Waals surface area (Å²) in [5.74, 6) is 2.07. The van der Waals surface area contributed by atoms with Crippen molar-refractivity contribution in [1.29, 1.82) is 0 Å². The van der Waals surface area contributed by atoms with E-state index in [2.05, 4.69) is 15.2 Å². The monoisotopic (exact) mass is 398 g/mol. The highest BCUT2D eigenvalue weighted by Gasteiger charge is 2.24. The molecule has 28 heavy (non-hydrogen) atoms. The number of anilines is 1. The van der Waals surface area contributed by atoms with E-state index in [1.54, 1.807) is 6.20 Å². The molecule has 1 aromatic carbocycles. The molecule has 0 spiro atoms. The number of aromatic amines is 1. The summed E-state index contributed by atoms with van der Waals surface area (Å²) in [6, 6.07) is 9.92. The molecule has 2 fully saturated rings. The van der Waals surface area contributed by atoms with Crippen molar-refractivity contribution in [2.45, 2.75) is 25.4 Å². The van der Waals surface area contributed by atoms with Crippen LogP contribution in [0.4, 0.5) is 5.82 Å². The highest BCUT2D eigenvalue weighted by atomic mass is 32.2. The first-order valence-corrected chi connectivity index (χ1v) is 11.5. The van der Waals surface area contributed by atoms with Crippen LogP contribution in [0.25, 0.3) is 22.2 Å². The minimum Gasteiger partial charge on any atom is -0.490 e. The molecule has 0 atom stereocenters. The van der Waals surface area contributed by atoms with Crippen LogP contribution in [0.5, 0.6) is 5.75 Å². The minimum absolute atomic E-state index is 0.173. The lowest BCUT2D eigenvalue weighted by molar-refractivity contribution is 0.303. The first kappa shape index (κ1) is 17.5. The second-order valence-electron chi connectivity index (χ2n) is 7.49. The Morgan fingerprint density at radius 3 is 2.86 bits per heavy atom. The Balaban J connectivity index is 1.47.